The summed E-state index contributed by atoms with van der Waals surface area (Å²) < 4.78 is 20.5. The van der Waals surface area contributed by atoms with E-state index in [1.54, 1.807) is 26.2 Å². The molecule has 52 heavy (non-hydrogen) atoms. The van der Waals surface area contributed by atoms with Gasteiger partial charge in [-0.25, -0.2) is 19.6 Å². The van der Waals surface area contributed by atoms with Crippen LogP contribution in [0.3, 0.4) is 0 Å². The minimum absolute atomic E-state index is 0.0119. The highest BCUT2D eigenvalue weighted by Crippen LogP contribution is 2.31. The molecule has 0 radical (unpaired) electrons. The lowest BCUT2D eigenvalue weighted by molar-refractivity contribution is 0.00779. The molecule has 1 aliphatic rings. The number of anilines is 2. The van der Waals surface area contributed by atoms with Crippen LogP contribution in [0.15, 0.2) is 36.4 Å². The van der Waals surface area contributed by atoms with Gasteiger partial charge in [0.1, 0.15) is 34.7 Å². The first kappa shape index (κ1) is 37.3. The number of primary amides is 1. The quantitative estimate of drug-likeness (QED) is 0.137. The molecule has 1 fully saturated rings. The molecule has 4 aromatic rings. The lowest BCUT2D eigenvalue weighted by Crippen LogP contribution is -2.55. The molecular formula is C36H45N9O7. The summed E-state index contributed by atoms with van der Waals surface area (Å²) in [7, 11) is 1.45. The third-order valence-electron chi connectivity index (χ3n) is 8.58. The molecule has 3 heterocycles. The van der Waals surface area contributed by atoms with E-state index in [9.17, 15) is 19.5 Å². The second-order valence-electron chi connectivity index (χ2n) is 13.8. The Labute approximate surface area is 301 Å². The van der Waals surface area contributed by atoms with Crippen molar-refractivity contribution in [3.63, 3.8) is 0 Å². The van der Waals surface area contributed by atoms with E-state index >= 15 is 0 Å². The van der Waals surface area contributed by atoms with Gasteiger partial charge in [0.15, 0.2) is 0 Å². The summed E-state index contributed by atoms with van der Waals surface area (Å²) in [6.45, 7) is 12.5. The predicted octanol–water partition coefficient (Wildman–Crippen LogP) is 3.33. The number of imidazole rings is 2. The summed E-state index contributed by atoms with van der Waals surface area (Å²) in [5, 5.41) is 9.45. The number of methoxy groups -OCH3 is 1. The SMILES string of the molecule is COc1cc(C(=O)O)cc2nc(N)n(C/C=C/Cn3c(N)nc4cc(C(N)=O)cc(OCC#CC(C)(C)N5CCN(C(=O)OC(C)(C)C)CC5)c43)c12. The summed E-state index contributed by atoms with van der Waals surface area (Å²) in [4.78, 5) is 48.9. The molecule has 7 N–H and O–H groups in total. The van der Waals surface area contributed by atoms with E-state index < -0.39 is 23.0 Å². The van der Waals surface area contributed by atoms with E-state index in [2.05, 4.69) is 26.7 Å². The first-order valence-electron chi connectivity index (χ1n) is 16.7. The average Bonchev–Trinajstić information content (AvgIpc) is 3.57. The Morgan fingerprint density at radius 2 is 1.40 bits per heavy atom. The lowest BCUT2D eigenvalue weighted by atomic mass is 10.0. The van der Waals surface area contributed by atoms with Gasteiger partial charge in [0, 0.05) is 44.8 Å². The lowest BCUT2D eigenvalue weighted by Gasteiger charge is -2.41. The van der Waals surface area contributed by atoms with Crippen LogP contribution >= 0.6 is 0 Å². The Morgan fingerprint density at radius 1 is 0.865 bits per heavy atom. The largest absolute Gasteiger partial charge is 0.494 e. The molecule has 2 aromatic heterocycles. The van der Waals surface area contributed by atoms with E-state index in [0.29, 0.717) is 66.3 Å². The number of hydrogen-bond donors (Lipinski definition) is 4. The monoisotopic (exact) mass is 715 g/mol. The van der Waals surface area contributed by atoms with E-state index in [1.165, 1.54) is 19.2 Å². The predicted molar refractivity (Wildman–Crippen MR) is 196 cm³/mol. The van der Waals surface area contributed by atoms with Gasteiger partial charge in [-0.05, 0) is 58.9 Å². The normalized spacial score (nSPS) is 14.1. The fraction of sp³-hybridized carbons (Fsp3) is 0.417. The molecule has 276 valence electrons. The number of ether oxygens (including phenoxy) is 3. The van der Waals surface area contributed by atoms with Crippen LogP contribution in [0.4, 0.5) is 16.7 Å². The fourth-order valence-corrected chi connectivity index (χ4v) is 5.98. The number of carbonyl (C=O) groups excluding carboxylic acids is 2. The second kappa shape index (κ2) is 14.7. The number of aromatic nitrogens is 4. The van der Waals surface area contributed by atoms with Crippen molar-refractivity contribution in [2.24, 2.45) is 5.73 Å². The molecule has 0 aliphatic carbocycles. The van der Waals surface area contributed by atoms with Crippen LogP contribution in [0, 0.1) is 11.8 Å². The molecule has 2 aromatic carbocycles. The second-order valence-corrected chi connectivity index (χ2v) is 13.8. The molecule has 16 heteroatoms. The highest BCUT2D eigenvalue weighted by atomic mass is 16.6. The average molecular weight is 716 g/mol. The number of amides is 2. The Bertz CT molecular complexity index is 2110. The molecule has 2 amide bonds. The third-order valence-corrected chi connectivity index (χ3v) is 8.58. The highest BCUT2D eigenvalue weighted by Gasteiger charge is 2.32. The van der Waals surface area contributed by atoms with Crippen LogP contribution in [0.25, 0.3) is 22.1 Å². The van der Waals surface area contributed by atoms with Gasteiger partial charge in [-0.15, -0.1) is 0 Å². The van der Waals surface area contributed by atoms with Crippen molar-refractivity contribution in [1.29, 1.82) is 0 Å². The molecule has 0 atom stereocenters. The van der Waals surface area contributed by atoms with Gasteiger partial charge in [0.25, 0.3) is 0 Å². The highest BCUT2D eigenvalue weighted by molar-refractivity contribution is 5.99. The van der Waals surface area contributed by atoms with Gasteiger partial charge >= 0.3 is 12.1 Å². The van der Waals surface area contributed by atoms with Gasteiger partial charge in [0.2, 0.25) is 17.8 Å². The van der Waals surface area contributed by atoms with Crippen molar-refractivity contribution < 1.29 is 33.7 Å². The zero-order valence-corrected chi connectivity index (χ0v) is 30.2. The topological polar surface area (TPSA) is 219 Å². The van der Waals surface area contributed by atoms with E-state index in [-0.39, 0.29) is 42.3 Å². The van der Waals surface area contributed by atoms with Crippen molar-refractivity contribution >= 4 is 51.9 Å². The number of carboxylic acid groups (broad SMARTS) is 1. The number of rotatable bonds is 10. The number of benzene rings is 2. The number of nitrogens with two attached hydrogens (primary N) is 3. The maximum absolute atomic E-state index is 12.5. The number of carboxylic acids is 1. The molecule has 0 spiro atoms. The molecule has 1 aliphatic heterocycles. The number of nitrogens with zero attached hydrogens (tertiary/aromatic N) is 6. The van der Waals surface area contributed by atoms with Crippen LogP contribution in [-0.4, -0.2) is 103 Å². The first-order chi connectivity index (χ1) is 24.5. The number of aromatic carboxylic acids is 1. The van der Waals surface area contributed by atoms with Crippen molar-refractivity contribution in [2.45, 2.75) is 58.8 Å². The number of carbonyl (C=O) groups is 3. The molecule has 0 unspecified atom stereocenters. The fourth-order valence-electron chi connectivity index (χ4n) is 5.98. The van der Waals surface area contributed by atoms with Crippen LogP contribution in [0.5, 0.6) is 11.5 Å². The molecular weight excluding hydrogens is 670 g/mol. The van der Waals surface area contributed by atoms with Crippen molar-refractivity contribution in [3.05, 3.63) is 47.5 Å². The van der Waals surface area contributed by atoms with Crippen molar-refractivity contribution in [3.8, 4) is 23.3 Å². The molecule has 0 bridgehead atoms. The Morgan fingerprint density at radius 3 is 1.92 bits per heavy atom. The summed E-state index contributed by atoms with van der Waals surface area (Å²) in [5.41, 5.74) is 19.3. The van der Waals surface area contributed by atoms with Crippen LogP contribution in [0.2, 0.25) is 0 Å². The van der Waals surface area contributed by atoms with E-state index in [0.717, 1.165) is 0 Å². The number of nitrogen functional groups attached to an aromatic ring is 2. The Balaban J connectivity index is 1.31. The van der Waals surface area contributed by atoms with Gasteiger partial charge in [-0.3, -0.25) is 9.69 Å². The standard InChI is InChI=1S/C36H45N9O7/c1-35(2,3)52-34(49)42-13-15-43(16-14-42)36(4,5)10-9-17-51-27-20-22(30(37)46)18-24-29(27)45(33(39)40-24)12-8-7-11-44-28-25(41-32(44)38)19-23(31(47)48)21-26(28)50-6/h7-8,18-21H,11-17H2,1-6H3,(H2,37,46)(H2,38,41)(H2,39,40)(H,47,48)/b8-7+. The van der Waals surface area contributed by atoms with Crippen molar-refractivity contribution in [2.75, 3.05) is 51.4 Å². The maximum Gasteiger partial charge on any atom is 0.410 e. The minimum Gasteiger partial charge on any atom is -0.494 e. The zero-order valence-electron chi connectivity index (χ0n) is 30.2. The summed E-state index contributed by atoms with van der Waals surface area (Å²) in [6, 6.07) is 5.97. The van der Waals surface area contributed by atoms with Gasteiger partial charge in [-0.1, -0.05) is 24.0 Å². The van der Waals surface area contributed by atoms with E-state index in [1.807, 2.05) is 46.8 Å². The summed E-state index contributed by atoms with van der Waals surface area (Å²) in [5.74, 6) is 5.70. The van der Waals surface area contributed by atoms with Gasteiger partial charge < -0.3 is 50.6 Å². The zero-order chi connectivity index (χ0) is 38.0. The number of allylic oxidation sites excluding steroid dienone is 2. The Kier molecular flexibility index (Phi) is 10.6. The molecule has 5 rings (SSSR count). The summed E-state index contributed by atoms with van der Waals surface area (Å²) in [6.07, 6.45) is 3.39. The number of piperazine rings is 1. The third kappa shape index (κ3) is 8.16. The van der Waals surface area contributed by atoms with Crippen molar-refractivity contribution in [1.82, 2.24) is 28.9 Å². The van der Waals surface area contributed by atoms with Crippen LogP contribution < -0.4 is 26.7 Å². The van der Waals surface area contributed by atoms with Crippen LogP contribution in [-0.2, 0) is 17.8 Å². The maximum atomic E-state index is 12.5. The van der Waals surface area contributed by atoms with E-state index in [4.69, 9.17) is 31.4 Å². The van der Waals surface area contributed by atoms with Gasteiger partial charge in [0.05, 0.1) is 29.2 Å². The minimum atomic E-state index is -1.10. The molecule has 16 nitrogen and oxygen atoms in total. The summed E-state index contributed by atoms with van der Waals surface area (Å²) >= 11 is 0. The Hall–Kier alpha value is -5.95. The first-order valence-corrected chi connectivity index (χ1v) is 16.7. The molecule has 0 saturated carbocycles. The number of fused-ring (bicyclic) bond motifs is 2. The van der Waals surface area contributed by atoms with Crippen LogP contribution in [0.1, 0.15) is 55.3 Å². The molecule has 1 saturated heterocycles. The number of hydrogen-bond acceptors (Lipinski definition) is 11. The smallest absolute Gasteiger partial charge is 0.410 e. The van der Waals surface area contributed by atoms with Gasteiger partial charge in [-0.2, -0.15) is 0 Å².